The van der Waals surface area contributed by atoms with Crippen LogP contribution in [0.2, 0.25) is 0 Å². The van der Waals surface area contributed by atoms with E-state index in [1.54, 1.807) is 12.4 Å². The zero-order chi connectivity index (χ0) is 22.1. The van der Waals surface area contributed by atoms with E-state index >= 15 is 0 Å². The van der Waals surface area contributed by atoms with E-state index in [1.807, 2.05) is 47.9 Å². The molecule has 9 nitrogen and oxygen atoms in total. The molecule has 0 spiro atoms. The number of para-hydroxylation sites is 1. The molecule has 0 bridgehead atoms. The minimum atomic E-state index is -0.205. The fourth-order valence-corrected chi connectivity index (χ4v) is 4.22. The summed E-state index contributed by atoms with van der Waals surface area (Å²) in [5.74, 6) is 1.31. The van der Waals surface area contributed by atoms with Crippen LogP contribution in [-0.4, -0.2) is 48.4 Å². The standard InChI is InChI=1S/C23H26N8O/c1-2-3-11-30-21-19(28-23(30)29-10-6-8-17(24)14-29)13-26-31(22(21)32)15-20-25-12-16-7-4-5-9-18(16)27-20/h2-5,7,9,12-13,17H,6,8,10-11,14-15,24H2,1H3. The van der Waals surface area contributed by atoms with E-state index in [2.05, 4.69) is 20.0 Å². The summed E-state index contributed by atoms with van der Waals surface area (Å²) in [6.45, 7) is 4.32. The zero-order valence-electron chi connectivity index (χ0n) is 18.1. The number of piperidine rings is 1. The molecule has 1 saturated heterocycles. The van der Waals surface area contributed by atoms with Gasteiger partial charge in [0.05, 0.1) is 11.7 Å². The van der Waals surface area contributed by atoms with Gasteiger partial charge in [-0.25, -0.2) is 19.6 Å². The smallest absolute Gasteiger partial charge is 0.293 e. The topological polar surface area (TPSA) is 108 Å². The lowest BCUT2D eigenvalue weighted by Crippen LogP contribution is -2.44. The number of nitrogens with two attached hydrogens (primary N) is 1. The first-order valence-electron chi connectivity index (χ1n) is 10.9. The minimum absolute atomic E-state index is 0.110. The number of nitrogens with zero attached hydrogens (tertiary/aromatic N) is 7. The highest BCUT2D eigenvalue weighted by Gasteiger charge is 2.24. The van der Waals surface area contributed by atoms with E-state index in [0.29, 0.717) is 23.4 Å². The monoisotopic (exact) mass is 430 g/mol. The van der Waals surface area contributed by atoms with E-state index in [4.69, 9.17) is 10.7 Å². The Balaban J connectivity index is 1.57. The quantitative estimate of drug-likeness (QED) is 0.483. The second-order valence-corrected chi connectivity index (χ2v) is 8.13. The SMILES string of the molecule is CC=CCn1c(N2CCCC(N)C2)nc2cnn(Cc3ncc4ccccc4n3)c(=O)c21. The molecule has 1 aromatic carbocycles. The van der Waals surface area contributed by atoms with Crippen LogP contribution in [0.5, 0.6) is 0 Å². The molecule has 0 aliphatic carbocycles. The maximum atomic E-state index is 13.5. The molecule has 164 valence electrons. The lowest BCUT2D eigenvalue weighted by atomic mass is 10.1. The fourth-order valence-electron chi connectivity index (χ4n) is 4.22. The number of benzene rings is 1. The van der Waals surface area contributed by atoms with Crippen molar-refractivity contribution in [1.82, 2.24) is 29.3 Å². The molecule has 1 aliphatic heterocycles. The first-order chi connectivity index (χ1) is 15.6. The van der Waals surface area contributed by atoms with Crippen LogP contribution in [0, 0.1) is 0 Å². The number of imidazole rings is 1. The van der Waals surface area contributed by atoms with Gasteiger partial charge >= 0.3 is 0 Å². The summed E-state index contributed by atoms with van der Waals surface area (Å²) < 4.78 is 3.38. The Kier molecular flexibility index (Phi) is 5.40. The summed E-state index contributed by atoms with van der Waals surface area (Å²) >= 11 is 0. The highest BCUT2D eigenvalue weighted by Crippen LogP contribution is 2.23. The highest BCUT2D eigenvalue weighted by atomic mass is 16.1. The Morgan fingerprint density at radius 1 is 1.19 bits per heavy atom. The van der Waals surface area contributed by atoms with Gasteiger partial charge in [0, 0.05) is 37.3 Å². The van der Waals surface area contributed by atoms with Crippen LogP contribution in [-0.2, 0) is 13.1 Å². The van der Waals surface area contributed by atoms with E-state index in [0.717, 1.165) is 42.8 Å². The number of rotatable bonds is 5. The van der Waals surface area contributed by atoms with Gasteiger partial charge in [0.25, 0.3) is 5.56 Å². The lowest BCUT2D eigenvalue weighted by Gasteiger charge is -2.31. The van der Waals surface area contributed by atoms with Crippen molar-refractivity contribution >= 4 is 27.9 Å². The van der Waals surface area contributed by atoms with Gasteiger partial charge in [-0.2, -0.15) is 5.10 Å². The summed E-state index contributed by atoms with van der Waals surface area (Å²) in [4.78, 5) is 29.4. The van der Waals surface area contributed by atoms with Gasteiger partial charge in [0.2, 0.25) is 5.95 Å². The van der Waals surface area contributed by atoms with Gasteiger partial charge < -0.3 is 15.2 Å². The van der Waals surface area contributed by atoms with Crippen molar-refractivity contribution in [3.63, 3.8) is 0 Å². The summed E-state index contributed by atoms with van der Waals surface area (Å²) in [7, 11) is 0. The van der Waals surface area contributed by atoms with Gasteiger partial charge in [-0.05, 0) is 25.8 Å². The van der Waals surface area contributed by atoms with E-state index in [9.17, 15) is 4.79 Å². The van der Waals surface area contributed by atoms with Crippen LogP contribution < -0.4 is 16.2 Å². The molecule has 0 amide bonds. The third-order valence-electron chi connectivity index (χ3n) is 5.83. The predicted octanol–water partition coefficient (Wildman–Crippen LogP) is 2.09. The first kappa shape index (κ1) is 20.3. The molecular weight excluding hydrogens is 404 g/mol. The fraction of sp³-hybridized carbons (Fsp3) is 0.348. The predicted molar refractivity (Wildman–Crippen MR) is 125 cm³/mol. The van der Waals surface area contributed by atoms with Crippen molar-refractivity contribution in [2.75, 3.05) is 18.0 Å². The van der Waals surface area contributed by atoms with Gasteiger partial charge in [-0.3, -0.25) is 4.79 Å². The minimum Gasteiger partial charge on any atom is -0.341 e. The molecule has 1 unspecified atom stereocenters. The van der Waals surface area contributed by atoms with Crippen LogP contribution >= 0.6 is 0 Å². The normalized spacial score (nSPS) is 17.1. The van der Waals surface area contributed by atoms with Gasteiger partial charge in [0.1, 0.15) is 17.6 Å². The third-order valence-corrected chi connectivity index (χ3v) is 5.83. The Labute approximate surface area is 185 Å². The molecule has 5 rings (SSSR count). The van der Waals surface area contributed by atoms with Crippen molar-refractivity contribution < 1.29 is 0 Å². The maximum absolute atomic E-state index is 13.5. The Hall–Kier alpha value is -3.59. The highest BCUT2D eigenvalue weighted by molar-refractivity contribution is 5.78. The number of anilines is 1. The van der Waals surface area contributed by atoms with Gasteiger partial charge in [0.15, 0.2) is 5.82 Å². The van der Waals surface area contributed by atoms with Crippen molar-refractivity contribution in [3.05, 3.63) is 65.0 Å². The average molecular weight is 431 g/mol. The third kappa shape index (κ3) is 3.75. The molecule has 0 saturated carbocycles. The molecule has 0 radical (unpaired) electrons. The van der Waals surface area contributed by atoms with Crippen molar-refractivity contribution in [2.24, 2.45) is 5.73 Å². The van der Waals surface area contributed by atoms with Crippen LogP contribution in [0.15, 0.2) is 53.6 Å². The van der Waals surface area contributed by atoms with Gasteiger partial charge in [-0.15, -0.1) is 0 Å². The molecule has 9 heteroatoms. The Morgan fingerprint density at radius 2 is 2.06 bits per heavy atom. The number of aromatic nitrogens is 6. The van der Waals surface area contributed by atoms with Crippen LogP contribution in [0.25, 0.3) is 21.9 Å². The largest absolute Gasteiger partial charge is 0.341 e. The van der Waals surface area contributed by atoms with Crippen LogP contribution in [0.4, 0.5) is 5.95 Å². The van der Waals surface area contributed by atoms with Crippen molar-refractivity contribution in [1.29, 1.82) is 0 Å². The second-order valence-electron chi connectivity index (χ2n) is 8.13. The summed E-state index contributed by atoms with van der Waals surface area (Å²) in [6.07, 6.45) is 9.43. The Bertz CT molecular complexity index is 1360. The molecule has 1 fully saturated rings. The summed E-state index contributed by atoms with van der Waals surface area (Å²) in [5, 5.41) is 5.32. The molecule has 32 heavy (non-hydrogen) atoms. The number of hydrogen-bond donors (Lipinski definition) is 1. The lowest BCUT2D eigenvalue weighted by molar-refractivity contribution is 0.495. The number of fused-ring (bicyclic) bond motifs is 2. The number of hydrogen-bond acceptors (Lipinski definition) is 7. The van der Waals surface area contributed by atoms with Crippen LogP contribution in [0.3, 0.4) is 0 Å². The summed E-state index contributed by atoms with van der Waals surface area (Å²) in [6, 6.07) is 7.89. The zero-order valence-corrected chi connectivity index (χ0v) is 18.1. The van der Waals surface area contributed by atoms with Crippen molar-refractivity contribution in [3.8, 4) is 0 Å². The molecular formula is C23H26N8O. The Morgan fingerprint density at radius 3 is 2.91 bits per heavy atom. The van der Waals surface area contributed by atoms with E-state index < -0.39 is 0 Å². The molecule has 3 aromatic heterocycles. The number of allylic oxidation sites excluding steroid dienone is 2. The molecule has 1 aliphatic rings. The maximum Gasteiger partial charge on any atom is 0.293 e. The second kappa shape index (κ2) is 8.51. The van der Waals surface area contributed by atoms with Crippen LogP contribution in [0.1, 0.15) is 25.6 Å². The molecule has 4 aromatic rings. The van der Waals surface area contributed by atoms with E-state index in [-0.39, 0.29) is 18.1 Å². The molecule has 1 atom stereocenters. The summed E-state index contributed by atoms with van der Waals surface area (Å²) in [5.41, 5.74) is 7.96. The first-order valence-corrected chi connectivity index (χ1v) is 10.9. The average Bonchev–Trinajstić information content (AvgIpc) is 3.19. The van der Waals surface area contributed by atoms with Crippen molar-refractivity contribution in [2.45, 2.75) is 38.9 Å². The molecule has 4 heterocycles. The van der Waals surface area contributed by atoms with Gasteiger partial charge in [-0.1, -0.05) is 30.4 Å². The molecule has 2 N–H and O–H groups in total. The van der Waals surface area contributed by atoms with E-state index in [1.165, 1.54) is 4.68 Å².